The van der Waals surface area contributed by atoms with E-state index in [0.717, 1.165) is 23.2 Å². The van der Waals surface area contributed by atoms with Crippen molar-refractivity contribution >= 4 is 6.09 Å². The Kier molecular flexibility index (Phi) is 5.99. The molecule has 0 aliphatic rings. The standard InChI is InChI=1S/C20H26N2O2/c1-20(2,3)24-19(23)22-14-17-7-5-6-8-18(17)16-11-9-15(10-12-16)13-21-4/h5-12,21H,13-14H2,1-4H3,(H,22,23). The van der Waals surface area contributed by atoms with Crippen LogP contribution in [0, 0.1) is 0 Å². The van der Waals surface area contributed by atoms with Gasteiger partial charge in [0.05, 0.1) is 0 Å². The van der Waals surface area contributed by atoms with Crippen molar-refractivity contribution in [2.75, 3.05) is 7.05 Å². The van der Waals surface area contributed by atoms with Crippen molar-refractivity contribution < 1.29 is 9.53 Å². The summed E-state index contributed by atoms with van der Waals surface area (Å²) in [6, 6.07) is 16.5. The molecule has 0 fully saturated rings. The maximum atomic E-state index is 11.9. The minimum atomic E-state index is -0.493. The Morgan fingerprint density at radius 1 is 1.00 bits per heavy atom. The van der Waals surface area contributed by atoms with Gasteiger partial charge in [-0.1, -0.05) is 48.5 Å². The van der Waals surface area contributed by atoms with Crippen LogP contribution < -0.4 is 10.6 Å². The lowest BCUT2D eigenvalue weighted by Crippen LogP contribution is -2.32. The van der Waals surface area contributed by atoms with Crippen LogP contribution in [0.5, 0.6) is 0 Å². The monoisotopic (exact) mass is 326 g/mol. The number of ether oxygens (including phenoxy) is 1. The molecule has 2 aromatic carbocycles. The quantitative estimate of drug-likeness (QED) is 0.870. The van der Waals surface area contributed by atoms with Crippen LogP contribution in [-0.4, -0.2) is 18.7 Å². The fraction of sp³-hybridized carbons (Fsp3) is 0.350. The van der Waals surface area contributed by atoms with Gasteiger partial charge >= 0.3 is 6.09 Å². The van der Waals surface area contributed by atoms with Gasteiger partial charge in [0.2, 0.25) is 0 Å². The second kappa shape index (κ2) is 7.97. The Morgan fingerprint density at radius 2 is 1.67 bits per heavy atom. The van der Waals surface area contributed by atoms with Gasteiger partial charge in [0, 0.05) is 13.1 Å². The van der Waals surface area contributed by atoms with Crippen molar-refractivity contribution in [1.82, 2.24) is 10.6 Å². The summed E-state index contributed by atoms with van der Waals surface area (Å²) in [5.41, 5.74) is 4.06. The maximum Gasteiger partial charge on any atom is 0.407 e. The van der Waals surface area contributed by atoms with Crippen LogP contribution in [0.3, 0.4) is 0 Å². The molecule has 0 heterocycles. The Balaban J connectivity index is 2.11. The zero-order chi connectivity index (χ0) is 17.6. The highest BCUT2D eigenvalue weighted by Gasteiger charge is 2.16. The van der Waals surface area contributed by atoms with E-state index < -0.39 is 11.7 Å². The number of hydrogen-bond donors (Lipinski definition) is 2. The van der Waals surface area contributed by atoms with Gasteiger partial charge in [-0.3, -0.25) is 0 Å². The lowest BCUT2D eigenvalue weighted by atomic mass is 9.98. The van der Waals surface area contributed by atoms with E-state index in [1.807, 2.05) is 46.0 Å². The van der Waals surface area contributed by atoms with E-state index in [2.05, 4.69) is 41.0 Å². The van der Waals surface area contributed by atoms with Crippen LogP contribution >= 0.6 is 0 Å². The second-order valence-electron chi connectivity index (χ2n) is 6.74. The van der Waals surface area contributed by atoms with E-state index in [0.29, 0.717) is 6.54 Å². The summed E-state index contributed by atoms with van der Waals surface area (Å²) < 4.78 is 5.29. The number of nitrogens with one attached hydrogen (secondary N) is 2. The fourth-order valence-electron chi connectivity index (χ4n) is 2.44. The molecular weight excluding hydrogens is 300 g/mol. The molecule has 1 amide bonds. The van der Waals surface area contributed by atoms with Gasteiger partial charge in [0.25, 0.3) is 0 Å². The molecule has 4 nitrogen and oxygen atoms in total. The predicted molar refractivity (Wildman–Crippen MR) is 97.7 cm³/mol. The Morgan fingerprint density at radius 3 is 2.29 bits per heavy atom. The molecule has 0 aromatic heterocycles. The van der Waals surface area contributed by atoms with E-state index in [1.165, 1.54) is 5.56 Å². The number of hydrogen-bond acceptors (Lipinski definition) is 3. The minimum absolute atomic E-state index is 0.401. The summed E-state index contributed by atoms with van der Waals surface area (Å²) in [5, 5.41) is 5.97. The lowest BCUT2D eigenvalue weighted by molar-refractivity contribution is 0.0523. The van der Waals surface area contributed by atoms with Gasteiger partial charge in [0.15, 0.2) is 0 Å². The smallest absolute Gasteiger partial charge is 0.407 e. The van der Waals surface area contributed by atoms with Crippen LogP contribution in [0.25, 0.3) is 11.1 Å². The zero-order valence-electron chi connectivity index (χ0n) is 14.8. The zero-order valence-corrected chi connectivity index (χ0v) is 14.8. The molecule has 24 heavy (non-hydrogen) atoms. The Bertz CT molecular complexity index is 673. The average molecular weight is 326 g/mol. The summed E-state index contributed by atoms with van der Waals surface area (Å²) in [7, 11) is 1.94. The van der Waals surface area contributed by atoms with Gasteiger partial charge in [-0.2, -0.15) is 0 Å². The van der Waals surface area contributed by atoms with Crippen LogP contribution in [0.4, 0.5) is 4.79 Å². The van der Waals surface area contributed by atoms with Crippen LogP contribution in [0.2, 0.25) is 0 Å². The summed E-state index contributed by atoms with van der Waals surface area (Å²) in [4.78, 5) is 11.9. The number of amides is 1. The maximum absolute atomic E-state index is 11.9. The van der Waals surface area contributed by atoms with Crippen molar-refractivity contribution in [3.05, 3.63) is 59.7 Å². The molecule has 0 aliphatic heterocycles. The van der Waals surface area contributed by atoms with Crippen molar-refractivity contribution in [1.29, 1.82) is 0 Å². The first-order chi connectivity index (χ1) is 11.4. The molecule has 128 valence electrons. The number of carbonyl (C=O) groups excluding carboxylic acids is 1. The normalized spacial score (nSPS) is 11.2. The third-order valence-corrected chi connectivity index (χ3v) is 3.49. The Hall–Kier alpha value is -2.33. The highest BCUT2D eigenvalue weighted by atomic mass is 16.6. The summed E-state index contributed by atoms with van der Waals surface area (Å²) >= 11 is 0. The van der Waals surface area contributed by atoms with Gasteiger partial charge in [-0.25, -0.2) is 4.79 Å². The molecular formula is C20H26N2O2. The van der Waals surface area contributed by atoms with E-state index in [1.54, 1.807) is 0 Å². The lowest BCUT2D eigenvalue weighted by Gasteiger charge is -2.20. The van der Waals surface area contributed by atoms with Crippen molar-refractivity contribution in [3.63, 3.8) is 0 Å². The van der Waals surface area contributed by atoms with E-state index in [9.17, 15) is 4.79 Å². The predicted octanol–water partition coefficient (Wildman–Crippen LogP) is 4.10. The molecule has 2 N–H and O–H groups in total. The number of benzene rings is 2. The molecule has 2 rings (SSSR count). The van der Waals surface area contributed by atoms with Gasteiger partial charge in [-0.15, -0.1) is 0 Å². The van der Waals surface area contributed by atoms with Gasteiger partial charge < -0.3 is 15.4 Å². The van der Waals surface area contributed by atoms with Crippen molar-refractivity contribution in [2.45, 2.75) is 39.5 Å². The van der Waals surface area contributed by atoms with Crippen LogP contribution in [0.1, 0.15) is 31.9 Å². The first-order valence-corrected chi connectivity index (χ1v) is 8.18. The summed E-state index contributed by atoms with van der Waals surface area (Å²) in [5.74, 6) is 0. The van der Waals surface area contributed by atoms with Crippen LogP contribution in [-0.2, 0) is 17.8 Å². The molecule has 2 aromatic rings. The molecule has 0 aliphatic carbocycles. The largest absolute Gasteiger partial charge is 0.444 e. The number of rotatable bonds is 5. The first kappa shape index (κ1) is 18.0. The fourth-order valence-corrected chi connectivity index (χ4v) is 2.44. The van der Waals surface area contributed by atoms with E-state index in [-0.39, 0.29) is 0 Å². The molecule has 0 unspecified atom stereocenters. The topological polar surface area (TPSA) is 50.4 Å². The minimum Gasteiger partial charge on any atom is -0.444 e. The van der Waals surface area contributed by atoms with Crippen molar-refractivity contribution in [3.8, 4) is 11.1 Å². The average Bonchev–Trinajstić information content (AvgIpc) is 2.53. The van der Waals surface area contributed by atoms with Crippen molar-refractivity contribution in [2.24, 2.45) is 0 Å². The van der Waals surface area contributed by atoms with Gasteiger partial charge in [-0.05, 0) is 50.1 Å². The molecule has 0 radical (unpaired) electrons. The summed E-state index contributed by atoms with van der Waals surface area (Å²) in [6.07, 6.45) is -0.401. The van der Waals surface area contributed by atoms with Gasteiger partial charge in [0.1, 0.15) is 5.60 Å². The molecule has 0 atom stereocenters. The molecule has 0 spiro atoms. The third kappa shape index (κ3) is 5.39. The number of carbonyl (C=O) groups is 1. The second-order valence-corrected chi connectivity index (χ2v) is 6.74. The molecule has 0 saturated heterocycles. The highest BCUT2D eigenvalue weighted by molar-refractivity contribution is 5.70. The number of alkyl carbamates (subject to hydrolysis) is 1. The third-order valence-electron chi connectivity index (χ3n) is 3.49. The molecule has 4 heteroatoms. The first-order valence-electron chi connectivity index (χ1n) is 8.18. The van der Waals surface area contributed by atoms with Crippen LogP contribution in [0.15, 0.2) is 48.5 Å². The molecule has 0 saturated carbocycles. The SMILES string of the molecule is CNCc1ccc(-c2ccccc2CNC(=O)OC(C)(C)C)cc1. The van der Waals surface area contributed by atoms with E-state index in [4.69, 9.17) is 4.74 Å². The van der Waals surface area contributed by atoms with E-state index >= 15 is 0 Å². The Labute approximate surface area is 144 Å². The summed E-state index contributed by atoms with van der Waals surface area (Å²) in [6.45, 7) is 6.85. The molecule has 0 bridgehead atoms. The highest BCUT2D eigenvalue weighted by Crippen LogP contribution is 2.24.